The number of aromatic nitrogens is 1. The van der Waals surface area contributed by atoms with Crippen molar-refractivity contribution in [3.8, 4) is 0 Å². The van der Waals surface area contributed by atoms with Gasteiger partial charge in [0.25, 0.3) is 5.91 Å². The standard InChI is InChI=1S/C20H29N3O3/c1-25-20(14-5-8-22-18(11-14)19(21)24)15-3-2-4-16(20)13-23(12-15)17-6-9-26-10-7-17/h5,8,11,15-17H,2-4,6-7,9-10,12-13H2,1H3,(H2,21,24)/t15-,16+,20?. The van der Waals surface area contributed by atoms with E-state index in [9.17, 15) is 4.79 Å². The van der Waals surface area contributed by atoms with Gasteiger partial charge in [-0.1, -0.05) is 6.42 Å². The molecule has 2 N–H and O–H groups in total. The Hall–Kier alpha value is -1.50. The Morgan fingerprint density at radius 3 is 2.58 bits per heavy atom. The van der Waals surface area contributed by atoms with Crippen LogP contribution < -0.4 is 5.73 Å². The number of hydrogen-bond acceptors (Lipinski definition) is 5. The van der Waals surface area contributed by atoms with Crippen LogP contribution in [-0.4, -0.2) is 55.2 Å². The molecule has 0 aromatic carbocycles. The lowest BCUT2D eigenvalue weighted by Crippen LogP contribution is -2.61. The number of ether oxygens (including phenoxy) is 2. The van der Waals surface area contributed by atoms with Gasteiger partial charge >= 0.3 is 0 Å². The first-order valence-corrected chi connectivity index (χ1v) is 9.78. The van der Waals surface area contributed by atoms with Crippen molar-refractivity contribution >= 4 is 5.91 Å². The molecule has 6 nitrogen and oxygen atoms in total. The molecule has 1 aliphatic carbocycles. The zero-order valence-corrected chi connectivity index (χ0v) is 15.5. The van der Waals surface area contributed by atoms with Crippen LogP contribution in [0, 0.1) is 11.8 Å². The Balaban J connectivity index is 1.66. The van der Waals surface area contributed by atoms with Crippen molar-refractivity contribution in [3.05, 3.63) is 29.6 Å². The lowest BCUT2D eigenvalue weighted by molar-refractivity contribution is -0.177. The lowest BCUT2D eigenvalue weighted by Gasteiger charge is -2.57. The average Bonchev–Trinajstić information content (AvgIpc) is 2.67. The van der Waals surface area contributed by atoms with E-state index in [-0.39, 0.29) is 5.60 Å². The molecule has 1 saturated carbocycles. The van der Waals surface area contributed by atoms with Crippen molar-refractivity contribution in [1.82, 2.24) is 9.88 Å². The smallest absolute Gasteiger partial charge is 0.267 e. The van der Waals surface area contributed by atoms with E-state index in [1.54, 1.807) is 6.20 Å². The second-order valence-corrected chi connectivity index (χ2v) is 7.91. The molecule has 2 saturated heterocycles. The van der Waals surface area contributed by atoms with Gasteiger partial charge in [-0.05, 0) is 43.4 Å². The minimum absolute atomic E-state index is 0.323. The van der Waals surface area contributed by atoms with Crippen LogP contribution in [0.1, 0.15) is 48.2 Å². The molecule has 0 spiro atoms. The van der Waals surface area contributed by atoms with Crippen LogP contribution in [0.2, 0.25) is 0 Å². The molecule has 3 fully saturated rings. The Morgan fingerprint density at radius 2 is 1.96 bits per heavy atom. The van der Waals surface area contributed by atoms with Gasteiger partial charge in [0.15, 0.2) is 0 Å². The van der Waals surface area contributed by atoms with Crippen LogP contribution in [0.25, 0.3) is 0 Å². The highest BCUT2D eigenvalue weighted by Gasteiger charge is 2.54. The molecule has 1 aromatic heterocycles. The van der Waals surface area contributed by atoms with Gasteiger partial charge in [-0.15, -0.1) is 0 Å². The maximum atomic E-state index is 11.6. The maximum Gasteiger partial charge on any atom is 0.267 e. The van der Waals surface area contributed by atoms with Crippen molar-refractivity contribution in [2.24, 2.45) is 17.6 Å². The second kappa shape index (κ2) is 7.25. The summed E-state index contributed by atoms with van der Waals surface area (Å²) in [6.07, 6.45) is 7.49. The summed E-state index contributed by atoms with van der Waals surface area (Å²) in [4.78, 5) is 18.4. The molecule has 2 aliphatic heterocycles. The first-order valence-electron chi connectivity index (χ1n) is 9.78. The number of rotatable bonds is 4. The maximum absolute atomic E-state index is 11.6. The number of carbonyl (C=O) groups excluding carboxylic acids is 1. The molecule has 4 rings (SSSR count). The van der Waals surface area contributed by atoms with E-state index < -0.39 is 5.91 Å². The predicted molar refractivity (Wildman–Crippen MR) is 97.7 cm³/mol. The van der Waals surface area contributed by atoms with Gasteiger partial charge in [0.1, 0.15) is 11.3 Å². The summed E-state index contributed by atoms with van der Waals surface area (Å²) in [6, 6.07) is 4.48. The van der Waals surface area contributed by atoms with Crippen LogP contribution in [0.15, 0.2) is 18.3 Å². The summed E-state index contributed by atoms with van der Waals surface area (Å²) in [5.41, 5.74) is 6.51. The third-order valence-electron chi connectivity index (χ3n) is 6.74. The summed E-state index contributed by atoms with van der Waals surface area (Å²) in [7, 11) is 1.82. The monoisotopic (exact) mass is 359 g/mol. The predicted octanol–water partition coefficient (Wildman–Crippen LogP) is 1.93. The van der Waals surface area contributed by atoms with Crippen molar-refractivity contribution < 1.29 is 14.3 Å². The number of carbonyl (C=O) groups is 1. The Bertz CT molecular complexity index is 645. The summed E-state index contributed by atoms with van der Waals surface area (Å²) < 4.78 is 11.8. The fraction of sp³-hybridized carbons (Fsp3) is 0.700. The number of methoxy groups -OCH3 is 1. The number of fused-ring (bicyclic) bond motifs is 2. The Kier molecular flexibility index (Phi) is 4.99. The first-order chi connectivity index (χ1) is 12.6. The van der Waals surface area contributed by atoms with E-state index >= 15 is 0 Å². The van der Waals surface area contributed by atoms with Crippen LogP contribution in [0.4, 0.5) is 0 Å². The molecule has 1 unspecified atom stereocenters. The number of nitrogens with zero attached hydrogens (tertiary/aromatic N) is 2. The normalized spacial score (nSPS) is 33.1. The first kappa shape index (κ1) is 17.9. The van der Waals surface area contributed by atoms with Gasteiger partial charge in [0.2, 0.25) is 0 Å². The Morgan fingerprint density at radius 1 is 1.27 bits per heavy atom. The second-order valence-electron chi connectivity index (χ2n) is 7.91. The molecule has 3 aliphatic rings. The number of hydrogen-bond donors (Lipinski definition) is 1. The zero-order valence-electron chi connectivity index (χ0n) is 15.5. The molecular weight excluding hydrogens is 330 g/mol. The van der Waals surface area contributed by atoms with E-state index in [1.807, 2.05) is 19.2 Å². The fourth-order valence-electron chi connectivity index (χ4n) is 5.55. The molecule has 6 heteroatoms. The largest absolute Gasteiger partial charge is 0.381 e. The van der Waals surface area contributed by atoms with Crippen molar-refractivity contribution in [1.29, 1.82) is 0 Å². The van der Waals surface area contributed by atoms with Crippen LogP contribution in [0.5, 0.6) is 0 Å². The number of piperidine rings is 1. The van der Waals surface area contributed by atoms with E-state index in [4.69, 9.17) is 15.2 Å². The number of nitrogens with two attached hydrogens (primary N) is 1. The third kappa shape index (κ3) is 2.94. The quantitative estimate of drug-likeness (QED) is 0.889. The molecule has 2 bridgehead atoms. The molecule has 142 valence electrons. The van der Waals surface area contributed by atoms with E-state index in [2.05, 4.69) is 9.88 Å². The molecule has 0 radical (unpaired) electrons. The molecule has 1 aromatic rings. The van der Waals surface area contributed by atoms with Crippen LogP contribution in [0.3, 0.4) is 0 Å². The van der Waals surface area contributed by atoms with Gasteiger partial charge in [-0.25, -0.2) is 0 Å². The topological polar surface area (TPSA) is 77.7 Å². The minimum Gasteiger partial charge on any atom is -0.381 e. The zero-order chi connectivity index (χ0) is 18.1. The van der Waals surface area contributed by atoms with Gasteiger partial charge in [-0.3, -0.25) is 14.7 Å². The highest BCUT2D eigenvalue weighted by Crippen LogP contribution is 2.52. The van der Waals surface area contributed by atoms with E-state index in [1.165, 1.54) is 6.42 Å². The molecule has 26 heavy (non-hydrogen) atoms. The van der Waals surface area contributed by atoms with Gasteiger partial charge in [-0.2, -0.15) is 0 Å². The molecule has 1 amide bonds. The molecule has 3 atom stereocenters. The number of pyridine rings is 1. The highest BCUT2D eigenvalue weighted by atomic mass is 16.5. The number of primary amides is 1. The average molecular weight is 359 g/mol. The number of amides is 1. The lowest BCUT2D eigenvalue weighted by atomic mass is 9.62. The summed E-state index contributed by atoms with van der Waals surface area (Å²) in [5.74, 6) is 0.361. The van der Waals surface area contributed by atoms with Gasteiger partial charge < -0.3 is 15.2 Å². The van der Waals surface area contributed by atoms with Crippen molar-refractivity contribution in [2.45, 2.75) is 43.7 Å². The highest BCUT2D eigenvalue weighted by molar-refractivity contribution is 5.90. The summed E-state index contributed by atoms with van der Waals surface area (Å²) in [6.45, 7) is 3.84. The fourth-order valence-corrected chi connectivity index (χ4v) is 5.55. The van der Waals surface area contributed by atoms with Crippen LogP contribution >= 0.6 is 0 Å². The summed E-state index contributed by atoms with van der Waals surface area (Å²) >= 11 is 0. The van der Waals surface area contributed by atoms with E-state index in [0.29, 0.717) is 23.6 Å². The SMILES string of the molecule is COC1(c2ccnc(C(N)=O)c2)[C@@H]2CCC[C@H]1CN(C1CCOCC1)C2. The van der Waals surface area contributed by atoms with Gasteiger partial charge in [0.05, 0.1) is 0 Å². The molecule has 3 heterocycles. The Labute approximate surface area is 155 Å². The molecular formula is C20H29N3O3. The summed E-state index contributed by atoms with van der Waals surface area (Å²) in [5, 5.41) is 0. The minimum atomic E-state index is -0.483. The number of likely N-dealkylation sites (tertiary alicyclic amines) is 1. The van der Waals surface area contributed by atoms with Gasteiger partial charge in [0, 0.05) is 57.5 Å². The van der Waals surface area contributed by atoms with Crippen molar-refractivity contribution in [2.75, 3.05) is 33.4 Å². The third-order valence-corrected chi connectivity index (χ3v) is 6.74. The van der Waals surface area contributed by atoms with Crippen LogP contribution in [-0.2, 0) is 15.1 Å². The van der Waals surface area contributed by atoms with Crippen molar-refractivity contribution in [3.63, 3.8) is 0 Å². The van der Waals surface area contributed by atoms with E-state index in [0.717, 1.165) is 57.6 Å².